The van der Waals surface area contributed by atoms with Crippen molar-refractivity contribution in [3.8, 4) is 5.75 Å². The van der Waals surface area contributed by atoms with Crippen LogP contribution in [0, 0.1) is 0 Å². The zero-order chi connectivity index (χ0) is 22.4. The number of hydrogen-bond acceptors (Lipinski definition) is 6. The van der Waals surface area contributed by atoms with Gasteiger partial charge in [0.2, 0.25) is 10.0 Å². The summed E-state index contributed by atoms with van der Waals surface area (Å²) in [7, 11) is 2.08. The SMILES string of the molecule is COc1ccc(C(CNCC(=O)c2cccc(S(=O)(=O)N3CCCC3)c2)N(C)C)cc1. The van der Waals surface area contributed by atoms with Gasteiger partial charge in [-0.1, -0.05) is 24.3 Å². The number of sulfonamides is 1. The normalized spacial score (nSPS) is 15.9. The van der Waals surface area contributed by atoms with E-state index in [9.17, 15) is 13.2 Å². The molecule has 3 rings (SSSR count). The number of carbonyl (C=O) groups is 1. The molecule has 1 aliphatic rings. The maximum atomic E-state index is 12.8. The van der Waals surface area contributed by atoms with Crippen LogP contribution in [0.25, 0.3) is 0 Å². The van der Waals surface area contributed by atoms with Crippen molar-refractivity contribution < 1.29 is 17.9 Å². The molecular weight excluding hydrogens is 414 g/mol. The summed E-state index contributed by atoms with van der Waals surface area (Å²) >= 11 is 0. The monoisotopic (exact) mass is 445 g/mol. The molecule has 0 spiro atoms. The molecule has 1 unspecified atom stereocenters. The molecule has 0 bridgehead atoms. The fourth-order valence-corrected chi connectivity index (χ4v) is 5.32. The summed E-state index contributed by atoms with van der Waals surface area (Å²) in [4.78, 5) is 15.0. The lowest BCUT2D eigenvalue weighted by molar-refractivity contribution is 0.0988. The number of ether oxygens (including phenoxy) is 1. The van der Waals surface area contributed by atoms with E-state index in [0.29, 0.717) is 25.2 Å². The third-order valence-corrected chi connectivity index (χ3v) is 7.50. The minimum atomic E-state index is -3.54. The van der Waals surface area contributed by atoms with Gasteiger partial charge in [0.1, 0.15) is 5.75 Å². The molecule has 2 aromatic rings. The van der Waals surface area contributed by atoms with E-state index in [0.717, 1.165) is 24.2 Å². The van der Waals surface area contributed by atoms with E-state index in [1.807, 2.05) is 38.4 Å². The minimum Gasteiger partial charge on any atom is -0.497 e. The van der Waals surface area contributed by atoms with Crippen molar-refractivity contribution in [1.29, 1.82) is 0 Å². The van der Waals surface area contributed by atoms with Gasteiger partial charge in [0.05, 0.1) is 18.6 Å². The number of hydrogen-bond donors (Lipinski definition) is 1. The average Bonchev–Trinajstić information content (AvgIpc) is 3.32. The predicted octanol–water partition coefficient (Wildman–Crippen LogP) is 2.55. The first-order valence-corrected chi connectivity index (χ1v) is 11.9. The van der Waals surface area contributed by atoms with Crippen molar-refractivity contribution in [3.05, 3.63) is 59.7 Å². The molecule has 7 nitrogen and oxygen atoms in total. The molecule has 0 radical (unpaired) electrons. The van der Waals surface area contributed by atoms with Gasteiger partial charge in [0.25, 0.3) is 0 Å². The quantitative estimate of drug-likeness (QED) is 0.567. The van der Waals surface area contributed by atoms with Gasteiger partial charge in [-0.15, -0.1) is 0 Å². The molecule has 8 heteroatoms. The Kier molecular flexibility index (Phi) is 7.83. The van der Waals surface area contributed by atoms with E-state index in [1.165, 1.54) is 10.4 Å². The lowest BCUT2D eigenvalue weighted by Gasteiger charge is -2.25. The summed E-state index contributed by atoms with van der Waals surface area (Å²) < 4.78 is 32.3. The fourth-order valence-electron chi connectivity index (χ4n) is 3.76. The summed E-state index contributed by atoms with van der Waals surface area (Å²) in [5, 5.41) is 3.22. The van der Waals surface area contributed by atoms with Gasteiger partial charge in [0.15, 0.2) is 5.78 Å². The van der Waals surface area contributed by atoms with Gasteiger partial charge in [-0.25, -0.2) is 8.42 Å². The van der Waals surface area contributed by atoms with Gasteiger partial charge < -0.3 is 15.0 Å². The summed E-state index contributed by atoms with van der Waals surface area (Å²) in [6, 6.07) is 14.3. The van der Waals surface area contributed by atoms with Crippen molar-refractivity contribution in [1.82, 2.24) is 14.5 Å². The van der Waals surface area contributed by atoms with Crippen molar-refractivity contribution >= 4 is 15.8 Å². The van der Waals surface area contributed by atoms with Crippen LogP contribution in [0.3, 0.4) is 0 Å². The fraction of sp³-hybridized carbons (Fsp3) is 0.435. The van der Waals surface area contributed by atoms with E-state index in [1.54, 1.807) is 25.3 Å². The minimum absolute atomic E-state index is 0.0839. The lowest BCUT2D eigenvalue weighted by Crippen LogP contribution is -2.34. The highest BCUT2D eigenvalue weighted by molar-refractivity contribution is 7.89. The molecule has 0 amide bonds. The third-order valence-electron chi connectivity index (χ3n) is 5.61. The molecule has 0 saturated carbocycles. The Morgan fingerprint density at radius 2 is 1.81 bits per heavy atom. The Hall–Kier alpha value is -2.26. The number of rotatable bonds is 10. The maximum Gasteiger partial charge on any atom is 0.243 e. The van der Waals surface area contributed by atoms with Crippen LogP contribution in [0.2, 0.25) is 0 Å². The Morgan fingerprint density at radius 3 is 2.42 bits per heavy atom. The molecule has 1 N–H and O–H groups in total. The number of nitrogens with zero attached hydrogens (tertiary/aromatic N) is 2. The Balaban J connectivity index is 1.63. The first-order chi connectivity index (χ1) is 14.8. The van der Waals surface area contributed by atoms with Crippen LogP contribution in [0.4, 0.5) is 0 Å². The van der Waals surface area contributed by atoms with Crippen LogP contribution in [0.15, 0.2) is 53.4 Å². The number of carbonyl (C=O) groups excluding carboxylic acids is 1. The van der Waals surface area contributed by atoms with Crippen LogP contribution in [0.1, 0.15) is 34.8 Å². The highest BCUT2D eigenvalue weighted by Gasteiger charge is 2.27. The third kappa shape index (κ3) is 5.71. The standard InChI is InChI=1S/C23H31N3O4S/c1-25(2)22(18-9-11-20(30-3)12-10-18)16-24-17-23(27)19-7-6-8-21(15-19)31(28,29)26-13-4-5-14-26/h6-12,15,22,24H,4-5,13-14,16-17H2,1-3H3. The van der Waals surface area contributed by atoms with E-state index >= 15 is 0 Å². The van der Waals surface area contributed by atoms with E-state index < -0.39 is 10.0 Å². The molecule has 168 valence electrons. The van der Waals surface area contributed by atoms with Crippen LogP contribution in [-0.2, 0) is 10.0 Å². The van der Waals surface area contributed by atoms with Gasteiger partial charge in [-0.2, -0.15) is 4.31 Å². The van der Waals surface area contributed by atoms with Crippen molar-refractivity contribution in [3.63, 3.8) is 0 Å². The molecular formula is C23H31N3O4S. The van der Waals surface area contributed by atoms with Gasteiger partial charge in [0, 0.05) is 31.2 Å². The van der Waals surface area contributed by atoms with Crippen molar-refractivity contribution in [2.45, 2.75) is 23.8 Å². The molecule has 1 saturated heterocycles. The van der Waals surface area contributed by atoms with Crippen LogP contribution in [-0.4, -0.2) is 70.8 Å². The molecule has 0 aromatic heterocycles. The average molecular weight is 446 g/mol. The smallest absolute Gasteiger partial charge is 0.243 e. The van der Waals surface area contributed by atoms with Gasteiger partial charge in [-0.3, -0.25) is 4.79 Å². The van der Waals surface area contributed by atoms with Gasteiger partial charge in [-0.05, 0) is 56.8 Å². The lowest BCUT2D eigenvalue weighted by atomic mass is 10.1. The predicted molar refractivity (Wildman–Crippen MR) is 121 cm³/mol. The van der Waals surface area contributed by atoms with E-state index in [-0.39, 0.29) is 23.3 Å². The first kappa shape index (κ1) is 23.4. The summed E-state index contributed by atoms with van der Waals surface area (Å²) in [5.74, 6) is 0.666. The van der Waals surface area contributed by atoms with Crippen molar-refractivity contribution in [2.75, 3.05) is 47.4 Å². The highest BCUT2D eigenvalue weighted by atomic mass is 32.2. The summed E-state index contributed by atoms with van der Waals surface area (Å²) in [6.45, 7) is 1.79. The molecule has 1 atom stereocenters. The zero-order valence-corrected chi connectivity index (χ0v) is 19.2. The van der Waals surface area contributed by atoms with Crippen LogP contribution in [0.5, 0.6) is 5.75 Å². The molecule has 1 fully saturated rings. The molecule has 1 aliphatic heterocycles. The van der Waals surface area contributed by atoms with Crippen LogP contribution < -0.4 is 10.1 Å². The molecule has 2 aromatic carbocycles. The van der Waals surface area contributed by atoms with Crippen molar-refractivity contribution in [2.24, 2.45) is 0 Å². The molecule has 31 heavy (non-hydrogen) atoms. The molecule has 1 heterocycles. The number of nitrogens with one attached hydrogen (secondary N) is 1. The summed E-state index contributed by atoms with van der Waals surface area (Å²) in [5.41, 5.74) is 1.52. The second-order valence-electron chi connectivity index (χ2n) is 7.95. The maximum absolute atomic E-state index is 12.8. The summed E-state index contributed by atoms with van der Waals surface area (Å²) in [6.07, 6.45) is 1.76. The number of methoxy groups -OCH3 is 1. The van der Waals surface area contributed by atoms with Crippen LogP contribution >= 0.6 is 0 Å². The first-order valence-electron chi connectivity index (χ1n) is 10.5. The molecule has 0 aliphatic carbocycles. The number of ketones is 1. The second kappa shape index (κ2) is 10.4. The Morgan fingerprint density at radius 1 is 1.13 bits per heavy atom. The number of Topliss-reactive ketones (excluding diaryl/α,β-unsaturated/α-hetero) is 1. The Bertz CT molecular complexity index is 984. The zero-order valence-electron chi connectivity index (χ0n) is 18.4. The number of benzene rings is 2. The Labute approximate surface area is 185 Å². The van der Waals surface area contributed by atoms with E-state index in [4.69, 9.17) is 4.74 Å². The topological polar surface area (TPSA) is 78.9 Å². The van der Waals surface area contributed by atoms with Gasteiger partial charge >= 0.3 is 0 Å². The number of likely N-dealkylation sites (N-methyl/N-ethyl adjacent to an activating group) is 1. The highest BCUT2D eigenvalue weighted by Crippen LogP contribution is 2.22. The second-order valence-corrected chi connectivity index (χ2v) is 9.88. The van der Waals surface area contributed by atoms with E-state index in [2.05, 4.69) is 10.2 Å². The largest absolute Gasteiger partial charge is 0.497 e.